The van der Waals surface area contributed by atoms with Crippen molar-refractivity contribution in [2.24, 2.45) is 5.92 Å². The van der Waals surface area contributed by atoms with Crippen molar-refractivity contribution in [2.45, 2.75) is 19.8 Å². The predicted molar refractivity (Wildman–Crippen MR) is 103 cm³/mol. The van der Waals surface area contributed by atoms with Gasteiger partial charge in [-0.25, -0.2) is 0 Å². The zero-order valence-electron chi connectivity index (χ0n) is 14.7. The van der Waals surface area contributed by atoms with Crippen molar-refractivity contribution in [2.75, 3.05) is 56.1 Å². The summed E-state index contributed by atoms with van der Waals surface area (Å²) < 4.78 is 0. The van der Waals surface area contributed by atoms with Crippen LogP contribution in [-0.2, 0) is 11.2 Å². The van der Waals surface area contributed by atoms with Gasteiger partial charge in [0, 0.05) is 43.4 Å². The maximum atomic E-state index is 12.3. The van der Waals surface area contributed by atoms with Crippen molar-refractivity contribution in [1.29, 1.82) is 0 Å². The average molecular weight is 348 g/mol. The molecule has 5 heteroatoms. The number of hydrogen-bond acceptors (Lipinski definition) is 4. The Morgan fingerprint density at radius 2 is 1.92 bits per heavy atom. The van der Waals surface area contributed by atoms with Crippen LogP contribution < -0.4 is 5.32 Å². The van der Waals surface area contributed by atoms with Gasteiger partial charge in [-0.15, -0.1) is 0 Å². The van der Waals surface area contributed by atoms with E-state index in [4.69, 9.17) is 0 Å². The SMILES string of the molecule is CCN1CCC(C(=O)Nc2ccc(CCN3CCSCC3)cc2)C1. The Morgan fingerprint density at radius 3 is 2.58 bits per heavy atom. The first-order valence-electron chi connectivity index (χ1n) is 9.17. The molecule has 0 saturated carbocycles. The summed E-state index contributed by atoms with van der Waals surface area (Å²) in [6, 6.07) is 8.40. The summed E-state index contributed by atoms with van der Waals surface area (Å²) in [7, 11) is 0. The summed E-state index contributed by atoms with van der Waals surface area (Å²) in [5, 5.41) is 3.08. The Kier molecular flexibility index (Phi) is 6.58. The summed E-state index contributed by atoms with van der Waals surface area (Å²) in [5.74, 6) is 2.84. The van der Waals surface area contributed by atoms with Gasteiger partial charge in [-0.3, -0.25) is 4.79 Å². The van der Waals surface area contributed by atoms with Crippen molar-refractivity contribution >= 4 is 23.4 Å². The van der Waals surface area contributed by atoms with E-state index in [0.29, 0.717) is 0 Å². The number of anilines is 1. The molecule has 0 bridgehead atoms. The second kappa shape index (κ2) is 8.88. The highest BCUT2D eigenvalue weighted by molar-refractivity contribution is 7.99. The summed E-state index contributed by atoms with van der Waals surface area (Å²) >= 11 is 2.05. The lowest BCUT2D eigenvalue weighted by Crippen LogP contribution is -2.34. The number of benzene rings is 1. The van der Waals surface area contributed by atoms with Crippen LogP contribution in [0.4, 0.5) is 5.69 Å². The number of nitrogens with zero attached hydrogens (tertiary/aromatic N) is 2. The molecule has 132 valence electrons. The van der Waals surface area contributed by atoms with Gasteiger partial charge in [0.1, 0.15) is 0 Å². The third-order valence-electron chi connectivity index (χ3n) is 5.13. The lowest BCUT2D eigenvalue weighted by molar-refractivity contribution is -0.119. The maximum absolute atomic E-state index is 12.3. The first-order valence-corrected chi connectivity index (χ1v) is 10.3. The van der Waals surface area contributed by atoms with E-state index in [2.05, 4.69) is 45.9 Å². The third-order valence-corrected chi connectivity index (χ3v) is 6.07. The summed E-state index contributed by atoms with van der Waals surface area (Å²) in [6.45, 7) is 8.71. The Hall–Kier alpha value is -1.04. The van der Waals surface area contributed by atoms with Crippen molar-refractivity contribution in [3.05, 3.63) is 29.8 Å². The smallest absolute Gasteiger partial charge is 0.228 e. The van der Waals surface area contributed by atoms with Gasteiger partial charge in [-0.1, -0.05) is 19.1 Å². The fourth-order valence-electron chi connectivity index (χ4n) is 3.44. The van der Waals surface area contributed by atoms with E-state index in [9.17, 15) is 4.79 Å². The number of thioether (sulfide) groups is 1. The number of nitrogens with one attached hydrogen (secondary N) is 1. The first kappa shape index (κ1) is 17.8. The normalized spacial score (nSPS) is 22.6. The van der Waals surface area contributed by atoms with E-state index in [1.165, 1.54) is 30.2 Å². The molecule has 1 unspecified atom stereocenters. The monoisotopic (exact) mass is 347 g/mol. The van der Waals surface area contributed by atoms with Gasteiger partial charge in [0.05, 0.1) is 5.92 Å². The van der Waals surface area contributed by atoms with Gasteiger partial charge in [0.15, 0.2) is 0 Å². The highest BCUT2D eigenvalue weighted by Crippen LogP contribution is 2.19. The number of amides is 1. The molecule has 4 nitrogen and oxygen atoms in total. The molecule has 0 aromatic heterocycles. The number of carbonyl (C=O) groups is 1. The van der Waals surface area contributed by atoms with Crippen LogP contribution in [0.25, 0.3) is 0 Å². The number of hydrogen-bond donors (Lipinski definition) is 1. The molecule has 0 spiro atoms. The third kappa shape index (κ3) is 4.98. The zero-order chi connectivity index (χ0) is 16.8. The number of rotatable bonds is 6. The van der Waals surface area contributed by atoms with Gasteiger partial charge in [0.2, 0.25) is 5.91 Å². The average Bonchev–Trinajstić information content (AvgIpc) is 3.11. The lowest BCUT2D eigenvalue weighted by atomic mass is 10.1. The summed E-state index contributed by atoms with van der Waals surface area (Å²) in [5.41, 5.74) is 2.28. The predicted octanol–water partition coefficient (Wildman–Crippen LogP) is 2.56. The van der Waals surface area contributed by atoms with Crippen molar-refractivity contribution < 1.29 is 4.79 Å². The van der Waals surface area contributed by atoms with Crippen LogP contribution >= 0.6 is 11.8 Å². The van der Waals surface area contributed by atoms with Gasteiger partial charge >= 0.3 is 0 Å². The van der Waals surface area contributed by atoms with Crippen LogP contribution in [0.5, 0.6) is 0 Å². The molecular formula is C19H29N3OS. The molecule has 2 heterocycles. The molecule has 1 aromatic rings. The zero-order valence-corrected chi connectivity index (χ0v) is 15.5. The second-order valence-corrected chi connectivity index (χ2v) is 7.99. The molecule has 2 aliphatic heterocycles. The van der Waals surface area contributed by atoms with Crippen molar-refractivity contribution in [3.8, 4) is 0 Å². The highest BCUT2D eigenvalue weighted by Gasteiger charge is 2.27. The Bertz CT molecular complexity index is 528. The van der Waals surface area contributed by atoms with Crippen LogP contribution in [0.15, 0.2) is 24.3 Å². The molecule has 3 rings (SSSR count). The molecule has 1 atom stereocenters. The van der Waals surface area contributed by atoms with Crippen molar-refractivity contribution in [1.82, 2.24) is 9.80 Å². The van der Waals surface area contributed by atoms with Gasteiger partial charge in [-0.05, 0) is 43.6 Å². The molecule has 24 heavy (non-hydrogen) atoms. The van der Waals surface area contributed by atoms with Crippen LogP contribution in [0.3, 0.4) is 0 Å². The summed E-state index contributed by atoms with van der Waals surface area (Å²) in [4.78, 5) is 17.2. The van der Waals surface area contributed by atoms with Gasteiger partial charge < -0.3 is 15.1 Å². The van der Waals surface area contributed by atoms with E-state index < -0.39 is 0 Å². The molecule has 0 radical (unpaired) electrons. The topological polar surface area (TPSA) is 35.6 Å². The van der Waals surface area contributed by atoms with E-state index in [1.54, 1.807) is 0 Å². The van der Waals surface area contributed by atoms with Gasteiger partial charge in [-0.2, -0.15) is 11.8 Å². The largest absolute Gasteiger partial charge is 0.326 e. The molecule has 2 fully saturated rings. The van der Waals surface area contributed by atoms with Crippen LogP contribution in [0.2, 0.25) is 0 Å². The molecule has 2 saturated heterocycles. The number of likely N-dealkylation sites (tertiary alicyclic amines) is 1. The van der Waals surface area contributed by atoms with E-state index in [-0.39, 0.29) is 11.8 Å². The molecule has 1 aromatic carbocycles. The molecule has 2 aliphatic rings. The molecule has 1 amide bonds. The van der Waals surface area contributed by atoms with E-state index >= 15 is 0 Å². The van der Waals surface area contributed by atoms with E-state index in [0.717, 1.165) is 44.7 Å². The number of carbonyl (C=O) groups excluding carboxylic acids is 1. The standard InChI is InChI=1S/C19H29N3OS/c1-2-21-10-8-17(15-21)19(23)20-18-5-3-16(4-6-18)7-9-22-11-13-24-14-12-22/h3-6,17H,2,7-15H2,1H3,(H,20,23). The summed E-state index contributed by atoms with van der Waals surface area (Å²) in [6.07, 6.45) is 2.07. The molecule has 1 N–H and O–H groups in total. The molecule has 0 aliphatic carbocycles. The first-order chi connectivity index (χ1) is 11.7. The van der Waals surface area contributed by atoms with Crippen LogP contribution in [0.1, 0.15) is 18.9 Å². The Morgan fingerprint density at radius 1 is 1.17 bits per heavy atom. The van der Waals surface area contributed by atoms with E-state index in [1.807, 2.05) is 12.1 Å². The fourth-order valence-corrected chi connectivity index (χ4v) is 4.42. The Labute approximate surface area is 150 Å². The highest BCUT2D eigenvalue weighted by atomic mass is 32.2. The lowest BCUT2D eigenvalue weighted by Gasteiger charge is -2.26. The minimum atomic E-state index is 0.140. The van der Waals surface area contributed by atoms with Crippen molar-refractivity contribution in [3.63, 3.8) is 0 Å². The Balaban J connectivity index is 1.44. The maximum Gasteiger partial charge on any atom is 0.228 e. The fraction of sp³-hybridized carbons (Fsp3) is 0.632. The van der Waals surface area contributed by atoms with Crippen LogP contribution in [0, 0.1) is 5.92 Å². The second-order valence-electron chi connectivity index (χ2n) is 6.77. The quantitative estimate of drug-likeness (QED) is 0.858. The molecular weight excluding hydrogens is 318 g/mol. The van der Waals surface area contributed by atoms with Crippen LogP contribution in [-0.4, -0.2) is 66.5 Å². The van der Waals surface area contributed by atoms with Gasteiger partial charge in [0.25, 0.3) is 0 Å². The minimum Gasteiger partial charge on any atom is -0.326 e. The minimum absolute atomic E-state index is 0.140.